The Kier molecular flexibility index (Phi) is 9.69. The molecule has 0 bridgehead atoms. The molecule has 3 aromatic rings. The van der Waals surface area contributed by atoms with Gasteiger partial charge in [0.1, 0.15) is 15.7 Å². The van der Waals surface area contributed by atoms with Gasteiger partial charge in [-0.15, -0.1) is 35.3 Å². The first-order valence-corrected chi connectivity index (χ1v) is 10.9. The summed E-state index contributed by atoms with van der Waals surface area (Å²) in [4.78, 5) is 29.3. The standard InChI is InChI=1S/C21H28N6O2S.HI/c1-5-29-20(28)18-13(2)24-19(30-18)14(3)25-21(22-4)23-12-8-11-17-26-15-9-6-7-10-16(15)27-17;/h6-7,9-10,14H,5,8,11-12H2,1-4H3,(H,26,27)(H2,22,23,25);1H. The Morgan fingerprint density at radius 1 is 1.32 bits per heavy atom. The van der Waals surface area contributed by atoms with Gasteiger partial charge in [-0.05, 0) is 39.3 Å². The molecule has 0 saturated carbocycles. The summed E-state index contributed by atoms with van der Waals surface area (Å²) in [5.41, 5.74) is 2.75. The van der Waals surface area contributed by atoms with Crippen molar-refractivity contribution in [3.05, 3.63) is 45.7 Å². The third kappa shape index (κ3) is 6.63. The zero-order valence-corrected chi connectivity index (χ0v) is 21.3. The first kappa shape index (κ1) is 25.1. The van der Waals surface area contributed by atoms with Crippen LogP contribution in [0.15, 0.2) is 29.3 Å². The molecule has 1 unspecified atom stereocenters. The van der Waals surface area contributed by atoms with E-state index in [2.05, 4.69) is 30.6 Å². The highest BCUT2D eigenvalue weighted by molar-refractivity contribution is 14.0. The van der Waals surface area contributed by atoms with Gasteiger partial charge in [0.2, 0.25) is 0 Å². The average molecular weight is 556 g/mol. The number of para-hydroxylation sites is 2. The number of ether oxygens (including phenoxy) is 1. The van der Waals surface area contributed by atoms with Crippen molar-refractivity contribution in [2.45, 2.75) is 39.7 Å². The molecule has 0 spiro atoms. The summed E-state index contributed by atoms with van der Waals surface area (Å²) in [5.74, 6) is 1.36. The third-order valence-corrected chi connectivity index (χ3v) is 5.86. The number of nitrogens with one attached hydrogen (secondary N) is 3. The highest BCUT2D eigenvalue weighted by atomic mass is 127. The van der Waals surface area contributed by atoms with Crippen LogP contribution in [-0.2, 0) is 11.2 Å². The topological polar surface area (TPSA) is 104 Å². The highest BCUT2D eigenvalue weighted by Crippen LogP contribution is 2.24. The van der Waals surface area contributed by atoms with Gasteiger partial charge in [-0.1, -0.05) is 12.1 Å². The molecule has 1 atom stereocenters. The van der Waals surface area contributed by atoms with Crippen LogP contribution in [0.2, 0.25) is 0 Å². The Balaban J connectivity index is 0.00000341. The lowest BCUT2D eigenvalue weighted by Crippen LogP contribution is -2.39. The SMILES string of the molecule is CCOC(=O)c1sc(C(C)NC(=NC)NCCCc2nc3ccccc3[nH]2)nc1C.I. The van der Waals surface area contributed by atoms with Gasteiger partial charge in [-0.25, -0.2) is 14.8 Å². The number of aromatic nitrogens is 3. The van der Waals surface area contributed by atoms with Crippen molar-refractivity contribution in [1.82, 2.24) is 25.6 Å². The van der Waals surface area contributed by atoms with E-state index in [0.29, 0.717) is 23.1 Å². The van der Waals surface area contributed by atoms with Crippen LogP contribution in [-0.4, -0.2) is 47.1 Å². The van der Waals surface area contributed by atoms with Crippen molar-refractivity contribution in [3.63, 3.8) is 0 Å². The van der Waals surface area contributed by atoms with E-state index in [1.54, 1.807) is 14.0 Å². The van der Waals surface area contributed by atoms with E-state index >= 15 is 0 Å². The number of imidazole rings is 1. The molecule has 3 rings (SSSR count). The van der Waals surface area contributed by atoms with Crippen LogP contribution in [0.3, 0.4) is 0 Å². The van der Waals surface area contributed by atoms with Gasteiger partial charge in [-0.2, -0.15) is 0 Å². The van der Waals surface area contributed by atoms with E-state index in [4.69, 9.17) is 4.74 Å². The van der Waals surface area contributed by atoms with Gasteiger partial charge in [0.05, 0.1) is 29.4 Å². The molecule has 0 amide bonds. The van der Waals surface area contributed by atoms with Crippen molar-refractivity contribution in [2.75, 3.05) is 20.2 Å². The first-order chi connectivity index (χ1) is 14.5. The second-order valence-electron chi connectivity index (χ2n) is 6.86. The summed E-state index contributed by atoms with van der Waals surface area (Å²) >= 11 is 1.35. The van der Waals surface area contributed by atoms with E-state index in [-0.39, 0.29) is 36.0 Å². The molecule has 1 aromatic carbocycles. The molecule has 0 radical (unpaired) electrons. The van der Waals surface area contributed by atoms with Crippen molar-refractivity contribution in [3.8, 4) is 0 Å². The molecule has 0 aliphatic heterocycles. The van der Waals surface area contributed by atoms with Crippen LogP contribution in [0.1, 0.15) is 52.5 Å². The quantitative estimate of drug-likeness (QED) is 0.128. The molecule has 0 aliphatic carbocycles. The fourth-order valence-corrected chi connectivity index (χ4v) is 4.00. The number of aromatic amines is 1. The Morgan fingerprint density at radius 2 is 2.10 bits per heavy atom. The van der Waals surface area contributed by atoms with E-state index in [1.165, 1.54) is 11.3 Å². The van der Waals surface area contributed by atoms with Crippen LogP contribution in [0.4, 0.5) is 0 Å². The second-order valence-corrected chi connectivity index (χ2v) is 7.89. The molecule has 0 aliphatic rings. The predicted molar refractivity (Wildman–Crippen MR) is 136 cm³/mol. The monoisotopic (exact) mass is 556 g/mol. The molecule has 168 valence electrons. The van der Waals surface area contributed by atoms with Crippen LogP contribution in [0.25, 0.3) is 11.0 Å². The maximum Gasteiger partial charge on any atom is 0.350 e. The third-order valence-electron chi connectivity index (χ3n) is 4.54. The number of aliphatic imine (C=N–C) groups is 1. The maximum absolute atomic E-state index is 12.0. The summed E-state index contributed by atoms with van der Waals surface area (Å²) in [6.07, 6.45) is 1.76. The van der Waals surface area contributed by atoms with Crippen LogP contribution in [0.5, 0.6) is 0 Å². The number of thiazole rings is 1. The number of esters is 1. The largest absolute Gasteiger partial charge is 0.462 e. The smallest absolute Gasteiger partial charge is 0.350 e. The van der Waals surface area contributed by atoms with Crippen molar-refractivity contribution in [1.29, 1.82) is 0 Å². The molecular weight excluding hydrogens is 527 g/mol. The van der Waals surface area contributed by atoms with Crippen LogP contribution in [0, 0.1) is 6.92 Å². The average Bonchev–Trinajstić information content (AvgIpc) is 3.33. The number of H-pyrrole nitrogens is 1. The molecule has 2 heterocycles. The Labute approximate surface area is 203 Å². The van der Waals surface area contributed by atoms with Gasteiger partial charge < -0.3 is 20.4 Å². The molecule has 10 heteroatoms. The molecule has 31 heavy (non-hydrogen) atoms. The van der Waals surface area contributed by atoms with Gasteiger partial charge in [0, 0.05) is 20.0 Å². The molecule has 0 fully saturated rings. The lowest BCUT2D eigenvalue weighted by atomic mass is 10.3. The summed E-state index contributed by atoms with van der Waals surface area (Å²) in [5, 5.41) is 7.47. The molecule has 3 N–H and O–H groups in total. The number of benzene rings is 1. The van der Waals surface area contributed by atoms with Crippen molar-refractivity contribution in [2.24, 2.45) is 4.99 Å². The van der Waals surface area contributed by atoms with Crippen molar-refractivity contribution < 1.29 is 9.53 Å². The number of carbonyl (C=O) groups is 1. The number of fused-ring (bicyclic) bond motifs is 1. The van der Waals surface area contributed by atoms with Gasteiger partial charge >= 0.3 is 5.97 Å². The number of aryl methyl sites for hydroxylation is 2. The number of rotatable bonds is 8. The van der Waals surface area contributed by atoms with Gasteiger partial charge in [0.25, 0.3) is 0 Å². The number of carbonyl (C=O) groups excluding carboxylic acids is 1. The first-order valence-electron chi connectivity index (χ1n) is 10.1. The Bertz CT molecular complexity index is 999. The Morgan fingerprint density at radius 3 is 2.81 bits per heavy atom. The fraction of sp³-hybridized carbons (Fsp3) is 0.429. The van der Waals surface area contributed by atoms with Crippen LogP contribution >= 0.6 is 35.3 Å². The fourth-order valence-electron chi connectivity index (χ4n) is 3.04. The molecular formula is C21H29IN6O2S. The normalized spacial score (nSPS) is 12.3. The van der Waals surface area contributed by atoms with Crippen molar-refractivity contribution >= 4 is 58.3 Å². The second kappa shape index (κ2) is 12.0. The lowest BCUT2D eigenvalue weighted by molar-refractivity contribution is 0.0531. The Hall–Kier alpha value is -2.21. The number of hydrogen-bond acceptors (Lipinski definition) is 6. The summed E-state index contributed by atoms with van der Waals surface area (Å²) in [7, 11) is 1.73. The molecule has 2 aromatic heterocycles. The number of guanidine groups is 1. The summed E-state index contributed by atoms with van der Waals surface area (Å²) < 4.78 is 5.09. The van der Waals surface area contributed by atoms with E-state index in [0.717, 1.165) is 41.3 Å². The minimum atomic E-state index is -0.320. The van der Waals surface area contributed by atoms with E-state index in [9.17, 15) is 4.79 Å². The molecule has 8 nitrogen and oxygen atoms in total. The summed E-state index contributed by atoms with van der Waals surface area (Å²) in [6, 6.07) is 7.95. The number of nitrogens with zero attached hydrogens (tertiary/aromatic N) is 3. The molecule has 0 saturated heterocycles. The van der Waals surface area contributed by atoms with Crippen LogP contribution < -0.4 is 10.6 Å². The lowest BCUT2D eigenvalue weighted by Gasteiger charge is -2.16. The minimum Gasteiger partial charge on any atom is -0.462 e. The van der Waals surface area contributed by atoms with Gasteiger partial charge in [0.15, 0.2) is 5.96 Å². The number of hydrogen-bond donors (Lipinski definition) is 3. The maximum atomic E-state index is 12.0. The van der Waals surface area contributed by atoms with E-state index < -0.39 is 0 Å². The highest BCUT2D eigenvalue weighted by Gasteiger charge is 2.20. The van der Waals surface area contributed by atoms with E-state index in [1.807, 2.05) is 38.1 Å². The summed E-state index contributed by atoms with van der Waals surface area (Å²) in [6.45, 7) is 6.72. The minimum absolute atomic E-state index is 0. The zero-order chi connectivity index (χ0) is 21.5. The predicted octanol–water partition coefficient (Wildman–Crippen LogP) is 3.98. The van der Waals surface area contributed by atoms with Gasteiger partial charge in [-0.3, -0.25) is 4.99 Å². The number of halogens is 1. The zero-order valence-electron chi connectivity index (χ0n) is 18.2.